The molecular weight excluding hydrogens is 136 g/mol. The molecule has 0 saturated heterocycles. The zero-order chi connectivity index (χ0) is 8.28. The summed E-state index contributed by atoms with van der Waals surface area (Å²) < 4.78 is 0. The molecular formula is C10H17O. The van der Waals surface area contributed by atoms with Crippen LogP contribution in [0.5, 0.6) is 0 Å². The molecule has 0 N–H and O–H groups in total. The molecule has 1 nitrogen and oxygen atoms in total. The summed E-state index contributed by atoms with van der Waals surface area (Å²) in [6.45, 7) is 6.75. The molecule has 0 spiro atoms. The van der Waals surface area contributed by atoms with Crippen LogP contribution in [0.2, 0.25) is 0 Å². The van der Waals surface area contributed by atoms with E-state index in [1.807, 2.05) is 0 Å². The minimum atomic E-state index is -0.281. The van der Waals surface area contributed by atoms with Crippen LogP contribution in [0, 0.1) is 16.7 Å². The molecule has 63 valence electrons. The molecule has 11 heavy (non-hydrogen) atoms. The molecule has 2 saturated carbocycles. The number of fused-ring (bicyclic) bond motifs is 2. The van der Waals surface area contributed by atoms with Crippen LogP contribution in [0.4, 0.5) is 0 Å². The van der Waals surface area contributed by atoms with Gasteiger partial charge in [0.1, 0.15) is 0 Å². The Morgan fingerprint density at radius 1 is 1.27 bits per heavy atom. The lowest BCUT2D eigenvalue weighted by Crippen LogP contribution is -2.34. The highest BCUT2D eigenvalue weighted by Crippen LogP contribution is 2.65. The van der Waals surface area contributed by atoms with Gasteiger partial charge in [0.05, 0.1) is 6.10 Å². The average Bonchev–Trinajstić information content (AvgIpc) is 2.20. The molecule has 3 atom stereocenters. The molecule has 1 heteroatoms. The second kappa shape index (κ2) is 1.82. The Morgan fingerprint density at radius 2 is 1.91 bits per heavy atom. The van der Waals surface area contributed by atoms with Crippen molar-refractivity contribution in [3.05, 3.63) is 0 Å². The van der Waals surface area contributed by atoms with E-state index in [1.54, 1.807) is 0 Å². The molecule has 0 amide bonds. The van der Waals surface area contributed by atoms with Gasteiger partial charge in [0.15, 0.2) is 0 Å². The van der Waals surface area contributed by atoms with Gasteiger partial charge in [0, 0.05) is 5.41 Å². The van der Waals surface area contributed by atoms with Crippen LogP contribution in [0.1, 0.15) is 40.0 Å². The average molecular weight is 153 g/mol. The number of hydrogen-bond donors (Lipinski definition) is 0. The standard InChI is InChI=1S/C10H17O/c1-9(2)7-4-5-10(9,3)8(11)6-7/h7-8H,4-6H2,1-3H3/t7-,8?,10-/m1/s1. The Hall–Kier alpha value is -0.0400. The normalized spacial score (nSPS) is 53.5. The summed E-state index contributed by atoms with van der Waals surface area (Å²) in [6, 6.07) is 0. The van der Waals surface area contributed by atoms with E-state index >= 15 is 0 Å². The van der Waals surface area contributed by atoms with Crippen molar-refractivity contribution < 1.29 is 5.11 Å². The van der Waals surface area contributed by atoms with Crippen LogP contribution in [0.15, 0.2) is 0 Å². The maximum absolute atomic E-state index is 11.7. The van der Waals surface area contributed by atoms with Gasteiger partial charge in [0.2, 0.25) is 0 Å². The molecule has 0 aromatic carbocycles. The monoisotopic (exact) mass is 153 g/mol. The second-order valence-corrected chi connectivity index (χ2v) is 5.10. The van der Waals surface area contributed by atoms with Gasteiger partial charge in [-0.15, -0.1) is 0 Å². The van der Waals surface area contributed by atoms with Gasteiger partial charge in [0.25, 0.3) is 0 Å². The predicted molar refractivity (Wildman–Crippen MR) is 43.7 cm³/mol. The minimum absolute atomic E-state index is 0.109. The summed E-state index contributed by atoms with van der Waals surface area (Å²) in [5.41, 5.74) is 0.428. The van der Waals surface area contributed by atoms with Crippen molar-refractivity contribution in [2.45, 2.75) is 46.1 Å². The van der Waals surface area contributed by atoms with Crippen LogP contribution in [0.25, 0.3) is 0 Å². The molecule has 2 fully saturated rings. The first-order chi connectivity index (χ1) is 4.98. The minimum Gasteiger partial charge on any atom is -0.232 e. The lowest BCUT2D eigenvalue weighted by atomic mass is 9.70. The quantitative estimate of drug-likeness (QED) is 0.510. The zero-order valence-electron chi connectivity index (χ0n) is 7.68. The fourth-order valence-corrected chi connectivity index (χ4v) is 3.13. The van der Waals surface area contributed by atoms with E-state index in [-0.39, 0.29) is 11.5 Å². The third kappa shape index (κ3) is 0.658. The lowest BCUT2D eigenvalue weighted by Gasteiger charge is -2.35. The Balaban J connectivity index is 2.40. The van der Waals surface area contributed by atoms with Gasteiger partial charge < -0.3 is 0 Å². The zero-order valence-corrected chi connectivity index (χ0v) is 7.68. The highest BCUT2D eigenvalue weighted by atomic mass is 16.3. The van der Waals surface area contributed by atoms with E-state index in [2.05, 4.69) is 20.8 Å². The molecule has 1 unspecified atom stereocenters. The summed E-state index contributed by atoms with van der Waals surface area (Å²) >= 11 is 0. The Labute approximate surface area is 68.8 Å². The van der Waals surface area contributed by atoms with Crippen molar-refractivity contribution in [1.29, 1.82) is 0 Å². The van der Waals surface area contributed by atoms with Crippen LogP contribution in [-0.4, -0.2) is 6.10 Å². The van der Waals surface area contributed by atoms with Crippen molar-refractivity contribution in [2.24, 2.45) is 16.7 Å². The SMILES string of the molecule is CC1(C)[C@@H]2CC[C@]1(C)C([O])C2. The predicted octanol–water partition coefficient (Wildman–Crippen LogP) is 2.63. The largest absolute Gasteiger partial charge is 0.232 e. The van der Waals surface area contributed by atoms with Crippen LogP contribution in [-0.2, 0) is 5.11 Å². The highest BCUT2D eigenvalue weighted by Gasteiger charge is 2.61. The van der Waals surface area contributed by atoms with Crippen LogP contribution in [0.3, 0.4) is 0 Å². The maximum atomic E-state index is 11.7. The van der Waals surface area contributed by atoms with E-state index in [0.29, 0.717) is 5.41 Å². The summed E-state index contributed by atoms with van der Waals surface area (Å²) in [4.78, 5) is 0. The fraction of sp³-hybridized carbons (Fsp3) is 1.00. The third-order valence-electron chi connectivity index (χ3n) is 4.71. The topological polar surface area (TPSA) is 19.9 Å². The van der Waals surface area contributed by atoms with Gasteiger partial charge >= 0.3 is 0 Å². The van der Waals surface area contributed by atoms with Gasteiger partial charge in [-0.25, -0.2) is 5.11 Å². The summed E-state index contributed by atoms with van der Waals surface area (Å²) in [5.74, 6) is 0.718. The first-order valence-electron chi connectivity index (χ1n) is 4.64. The van der Waals surface area contributed by atoms with E-state index in [0.717, 1.165) is 12.3 Å². The second-order valence-electron chi connectivity index (χ2n) is 5.10. The van der Waals surface area contributed by atoms with E-state index in [1.165, 1.54) is 12.8 Å². The highest BCUT2D eigenvalue weighted by molar-refractivity contribution is 5.10. The third-order valence-corrected chi connectivity index (χ3v) is 4.71. The van der Waals surface area contributed by atoms with Gasteiger partial charge in [-0.1, -0.05) is 20.8 Å². The van der Waals surface area contributed by atoms with Crippen LogP contribution < -0.4 is 0 Å². The van der Waals surface area contributed by atoms with Crippen molar-refractivity contribution in [3.63, 3.8) is 0 Å². The molecule has 0 aromatic rings. The fourth-order valence-electron chi connectivity index (χ4n) is 3.13. The van der Waals surface area contributed by atoms with Crippen molar-refractivity contribution in [2.75, 3.05) is 0 Å². The van der Waals surface area contributed by atoms with E-state index < -0.39 is 0 Å². The first kappa shape index (κ1) is 7.60. The number of hydrogen-bond acceptors (Lipinski definition) is 0. The van der Waals surface area contributed by atoms with E-state index in [4.69, 9.17) is 0 Å². The van der Waals surface area contributed by atoms with Crippen molar-refractivity contribution in [3.8, 4) is 0 Å². The van der Waals surface area contributed by atoms with Gasteiger partial charge in [-0.2, -0.15) is 0 Å². The number of rotatable bonds is 0. The molecule has 0 aromatic heterocycles. The van der Waals surface area contributed by atoms with Gasteiger partial charge in [-0.3, -0.25) is 0 Å². The molecule has 2 rings (SSSR count). The van der Waals surface area contributed by atoms with E-state index in [9.17, 15) is 5.11 Å². The summed E-state index contributed by atoms with van der Waals surface area (Å²) in [7, 11) is 0. The van der Waals surface area contributed by atoms with Crippen molar-refractivity contribution in [1.82, 2.24) is 0 Å². The Bertz CT molecular complexity index is 185. The molecule has 2 aliphatic carbocycles. The smallest absolute Gasteiger partial charge is 0.0991 e. The molecule has 0 heterocycles. The Kier molecular flexibility index (Phi) is 1.26. The van der Waals surface area contributed by atoms with Crippen molar-refractivity contribution >= 4 is 0 Å². The molecule has 2 aliphatic rings. The maximum Gasteiger partial charge on any atom is 0.0991 e. The van der Waals surface area contributed by atoms with Gasteiger partial charge in [-0.05, 0) is 30.6 Å². The summed E-state index contributed by atoms with van der Waals surface area (Å²) in [6.07, 6.45) is 3.11. The Morgan fingerprint density at radius 3 is 2.09 bits per heavy atom. The molecule has 2 bridgehead atoms. The van der Waals surface area contributed by atoms with Crippen LogP contribution >= 0.6 is 0 Å². The summed E-state index contributed by atoms with van der Waals surface area (Å²) in [5, 5.41) is 11.7. The molecule has 1 radical (unpaired) electrons. The first-order valence-corrected chi connectivity index (χ1v) is 4.64. The molecule has 0 aliphatic heterocycles. The lowest BCUT2D eigenvalue weighted by molar-refractivity contribution is -0.0344.